The van der Waals surface area contributed by atoms with Crippen molar-refractivity contribution >= 4 is 11.6 Å². The molecule has 18 heavy (non-hydrogen) atoms. The van der Waals surface area contributed by atoms with Gasteiger partial charge in [0.1, 0.15) is 6.04 Å². The van der Waals surface area contributed by atoms with Crippen molar-refractivity contribution in [2.75, 3.05) is 31.7 Å². The van der Waals surface area contributed by atoms with E-state index in [9.17, 15) is 4.79 Å². The summed E-state index contributed by atoms with van der Waals surface area (Å²) >= 11 is 0. The molecule has 1 atom stereocenters. The number of aliphatic hydroxyl groups is 1. The number of carbonyl (C=O) groups is 1. The molecular formula is C13H18N2O3. The van der Waals surface area contributed by atoms with E-state index >= 15 is 0 Å². The smallest absolute Gasteiger partial charge is 0.242 e. The summed E-state index contributed by atoms with van der Waals surface area (Å²) in [6.45, 7) is 1.20. The van der Waals surface area contributed by atoms with Gasteiger partial charge in [0, 0.05) is 18.7 Å². The number of para-hydroxylation sites is 1. The van der Waals surface area contributed by atoms with Crippen LogP contribution in [0.4, 0.5) is 5.69 Å². The number of hydrogen-bond donors (Lipinski definition) is 3. The van der Waals surface area contributed by atoms with E-state index in [4.69, 9.17) is 9.84 Å². The van der Waals surface area contributed by atoms with Gasteiger partial charge in [-0.2, -0.15) is 0 Å². The molecule has 1 aromatic rings. The zero-order chi connectivity index (χ0) is 12.8. The first-order chi connectivity index (χ1) is 8.81. The van der Waals surface area contributed by atoms with Crippen LogP contribution < -0.4 is 10.6 Å². The van der Waals surface area contributed by atoms with Gasteiger partial charge in [0.25, 0.3) is 0 Å². The minimum Gasteiger partial charge on any atom is -0.394 e. The molecule has 0 radical (unpaired) electrons. The summed E-state index contributed by atoms with van der Waals surface area (Å²) in [5, 5.41) is 14.5. The number of hydrogen-bond acceptors (Lipinski definition) is 4. The van der Waals surface area contributed by atoms with E-state index in [1.807, 2.05) is 24.3 Å². The Kier molecular flexibility index (Phi) is 4.55. The second-order valence-corrected chi connectivity index (χ2v) is 4.19. The topological polar surface area (TPSA) is 70.6 Å². The molecule has 1 unspecified atom stereocenters. The number of nitrogens with one attached hydrogen (secondary N) is 2. The molecule has 0 saturated heterocycles. The number of fused-ring (bicyclic) bond motifs is 1. The summed E-state index contributed by atoms with van der Waals surface area (Å²) in [6.07, 6.45) is 0.722. The van der Waals surface area contributed by atoms with Gasteiger partial charge in [-0.05, 0) is 11.6 Å². The monoisotopic (exact) mass is 250 g/mol. The fourth-order valence-electron chi connectivity index (χ4n) is 1.99. The second-order valence-electron chi connectivity index (χ2n) is 4.19. The molecule has 3 N–H and O–H groups in total. The van der Waals surface area contributed by atoms with Crippen LogP contribution in [0.2, 0.25) is 0 Å². The molecule has 0 fully saturated rings. The number of rotatable bonds is 6. The molecule has 0 spiro atoms. The number of amides is 1. The van der Waals surface area contributed by atoms with Gasteiger partial charge >= 0.3 is 0 Å². The van der Waals surface area contributed by atoms with Crippen molar-refractivity contribution < 1.29 is 14.6 Å². The summed E-state index contributed by atoms with van der Waals surface area (Å²) in [6, 6.07) is 7.74. The van der Waals surface area contributed by atoms with Crippen molar-refractivity contribution in [2.45, 2.75) is 12.5 Å². The van der Waals surface area contributed by atoms with E-state index in [2.05, 4.69) is 10.6 Å². The van der Waals surface area contributed by atoms with E-state index in [1.54, 1.807) is 0 Å². The van der Waals surface area contributed by atoms with E-state index in [0.717, 1.165) is 12.1 Å². The average molecular weight is 250 g/mol. The van der Waals surface area contributed by atoms with Gasteiger partial charge < -0.3 is 20.5 Å². The first-order valence-corrected chi connectivity index (χ1v) is 6.12. The number of aliphatic hydroxyl groups excluding tert-OH is 1. The molecule has 98 valence electrons. The molecule has 5 nitrogen and oxygen atoms in total. The molecule has 0 aliphatic carbocycles. The van der Waals surface area contributed by atoms with Crippen LogP contribution in [0.5, 0.6) is 0 Å². The van der Waals surface area contributed by atoms with Crippen LogP contribution in [0.25, 0.3) is 0 Å². The predicted octanol–water partition coefficient (Wildman–Crippen LogP) is 0.148. The zero-order valence-electron chi connectivity index (χ0n) is 10.2. The third kappa shape index (κ3) is 3.21. The molecule has 1 aliphatic heterocycles. The van der Waals surface area contributed by atoms with Gasteiger partial charge in [0.2, 0.25) is 5.91 Å². The van der Waals surface area contributed by atoms with E-state index in [0.29, 0.717) is 19.8 Å². The highest BCUT2D eigenvalue weighted by atomic mass is 16.5. The van der Waals surface area contributed by atoms with Gasteiger partial charge in [-0.15, -0.1) is 0 Å². The zero-order valence-corrected chi connectivity index (χ0v) is 10.2. The van der Waals surface area contributed by atoms with Crippen LogP contribution in [0, 0.1) is 0 Å². The lowest BCUT2D eigenvalue weighted by molar-refractivity contribution is -0.121. The van der Waals surface area contributed by atoms with Crippen LogP contribution >= 0.6 is 0 Å². The molecule has 5 heteroatoms. The Morgan fingerprint density at radius 2 is 2.28 bits per heavy atom. The Morgan fingerprint density at radius 1 is 1.44 bits per heavy atom. The molecule has 1 amide bonds. The van der Waals surface area contributed by atoms with Crippen LogP contribution in [0.3, 0.4) is 0 Å². The van der Waals surface area contributed by atoms with Crippen LogP contribution in [0.15, 0.2) is 24.3 Å². The van der Waals surface area contributed by atoms with Crippen LogP contribution in [0.1, 0.15) is 5.56 Å². The summed E-state index contributed by atoms with van der Waals surface area (Å²) in [5.41, 5.74) is 2.21. The number of benzene rings is 1. The van der Waals surface area contributed by atoms with Crippen molar-refractivity contribution in [1.82, 2.24) is 5.32 Å². The molecule has 2 rings (SSSR count). The minimum atomic E-state index is -0.194. The average Bonchev–Trinajstić information content (AvgIpc) is 2.82. The first-order valence-electron chi connectivity index (χ1n) is 6.12. The van der Waals surface area contributed by atoms with Crippen molar-refractivity contribution in [1.29, 1.82) is 0 Å². The lowest BCUT2D eigenvalue weighted by Gasteiger charge is -2.11. The highest BCUT2D eigenvalue weighted by Gasteiger charge is 2.25. The second kappa shape index (κ2) is 6.37. The minimum absolute atomic E-state index is 0.00738. The van der Waals surface area contributed by atoms with Crippen molar-refractivity contribution in [3.05, 3.63) is 29.8 Å². The maximum atomic E-state index is 11.9. The van der Waals surface area contributed by atoms with Crippen molar-refractivity contribution in [3.63, 3.8) is 0 Å². The molecule has 0 saturated carbocycles. The quantitative estimate of drug-likeness (QED) is 0.628. The maximum absolute atomic E-state index is 11.9. The molecule has 0 aromatic heterocycles. The summed E-state index contributed by atoms with van der Waals surface area (Å²) in [7, 11) is 0. The van der Waals surface area contributed by atoms with Crippen molar-refractivity contribution in [3.8, 4) is 0 Å². The molecule has 1 heterocycles. The fraction of sp³-hybridized carbons (Fsp3) is 0.462. The third-order valence-electron chi connectivity index (χ3n) is 2.87. The number of carbonyl (C=O) groups excluding carboxylic acids is 1. The maximum Gasteiger partial charge on any atom is 0.242 e. The van der Waals surface area contributed by atoms with E-state index < -0.39 is 0 Å². The normalized spacial score (nSPS) is 17.1. The Morgan fingerprint density at radius 3 is 3.06 bits per heavy atom. The Bertz CT molecular complexity index is 384. The number of anilines is 1. The molecule has 1 aliphatic rings. The Labute approximate surface area is 106 Å². The lowest BCUT2D eigenvalue weighted by Crippen LogP contribution is -2.39. The van der Waals surface area contributed by atoms with Gasteiger partial charge in [-0.25, -0.2) is 0 Å². The van der Waals surface area contributed by atoms with Crippen LogP contribution in [-0.2, 0) is 16.0 Å². The molecule has 1 aromatic carbocycles. The summed E-state index contributed by atoms with van der Waals surface area (Å²) in [5.74, 6) is -0.0150. The summed E-state index contributed by atoms with van der Waals surface area (Å²) < 4.78 is 5.07. The largest absolute Gasteiger partial charge is 0.394 e. The van der Waals surface area contributed by atoms with Gasteiger partial charge in [0.05, 0.1) is 19.8 Å². The van der Waals surface area contributed by atoms with Gasteiger partial charge in [-0.1, -0.05) is 18.2 Å². The summed E-state index contributed by atoms with van der Waals surface area (Å²) in [4.78, 5) is 11.9. The Balaban J connectivity index is 1.72. The van der Waals surface area contributed by atoms with E-state index in [-0.39, 0.29) is 18.6 Å². The number of ether oxygens (including phenoxy) is 1. The SMILES string of the molecule is O=C(NCCOCCO)C1Cc2ccccc2N1. The van der Waals surface area contributed by atoms with Crippen molar-refractivity contribution in [2.24, 2.45) is 0 Å². The molecular weight excluding hydrogens is 232 g/mol. The highest BCUT2D eigenvalue weighted by molar-refractivity contribution is 5.87. The Hall–Kier alpha value is -1.59. The first kappa shape index (κ1) is 12.9. The lowest BCUT2D eigenvalue weighted by atomic mass is 10.1. The highest BCUT2D eigenvalue weighted by Crippen LogP contribution is 2.24. The van der Waals surface area contributed by atoms with E-state index in [1.165, 1.54) is 5.56 Å². The third-order valence-corrected chi connectivity index (χ3v) is 2.87. The standard InChI is InChI=1S/C13H18N2O3/c16-6-8-18-7-5-14-13(17)12-9-10-3-1-2-4-11(10)15-12/h1-4,12,15-16H,5-9H2,(H,14,17). The van der Waals surface area contributed by atoms with Crippen LogP contribution in [-0.4, -0.2) is 43.4 Å². The van der Waals surface area contributed by atoms with Gasteiger partial charge in [0.15, 0.2) is 0 Å². The molecule has 0 bridgehead atoms. The fourth-order valence-corrected chi connectivity index (χ4v) is 1.99. The van der Waals surface area contributed by atoms with Gasteiger partial charge in [-0.3, -0.25) is 4.79 Å². The predicted molar refractivity (Wildman–Crippen MR) is 68.5 cm³/mol.